The van der Waals surface area contributed by atoms with Gasteiger partial charge in [-0.05, 0) is 30.0 Å². The second-order valence-corrected chi connectivity index (χ2v) is 4.14. The summed E-state index contributed by atoms with van der Waals surface area (Å²) in [6.07, 6.45) is 1.17. The normalized spacial score (nSPS) is 9.08. The maximum atomic E-state index is 6.50. The van der Waals surface area contributed by atoms with E-state index < -0.39 is 0 Å². The van der Waals surface area contributed by atoms with Crippen LogP contribution in [0, 0.1) is 17.8 Å². The zero-order chi connectivity index (χ0) is 10.3. The van der Waals surface area contributed by atoms with E-state index in [2.05, 4.69) is 60.6 Å². The van der Waals surface area contributed by atoms with E-state index in [1.54, 1.807) is 0 Å². The van der Waals surface area contributed by atoms with Crippen molar-refractivity contribution in [3.63, 3.8) is 0 Å². The van der Waals surface area contributed by atoms with Crippen molar-refractivity contribution in [3.05, 3.63) is 34.3 Å². The van der Waals surface area contributed by atoms with Crippen LogP contribution in [0.5, 0.6) is 0 Å². The first kappa shape index (κ1) is 12.2. The van der Waals surface area contributed by atoms with Crippen molar-refractivity contribution in [3.8, 4) is 6.57 Å². The van der Waals surface area contributed by atoms with Crippen LogP contribution in [-0.2, 0) is 6.42 Å². The van der Waals surface area contributed by atoms with Crippen LogP contribution in [0.15, 0.2) is 28.7 Å². The summed E-state index contributed by atoms with van der Waals surface area (Å²) in [7, 11) is 0. The van der Waals surface area contributed by atoms with Crippen LogP contribution in [0.1, 0.15) is 19.4 Å². The summed E-state index contributed by atoms with van der Waals surface area (Å²) in [4.78, 5) is 0. The fraction of sp³-hybridized carbons (Fsp3) is 0.364. The molecule has 0 unspecified atom stereocenters. The lowest BCUT2D eigenvalue weighted by Crippen LogP contribution is -1.92. The molecule has 0 heterocycles. The largest absolute Gasteiger partial charge is 0.202 e. The summed E-state index contributed by atoms with van der Waals surface area (Å²) in [6.45, 7) is 7.98. The van der Waals surface area contributed by atoms with Crippen molar-refractivity contribution in [2.24, 2.45) is 5.92 Å². The predicted octanol–water partition coefficient (Wildman–Crippen LogP) is 3.79. The van der Waals surface area contributed by atoms with Crippen LogP contribution in [0.4, 0.5) is 0 Å². The van der Waals surface area contributed by atoms with Gasteiger partial charge in [0.2, 0.25) is 0 Å². The third kappa shape index (κ3) is 5.43. The maximum absolute atomic E-state index is 6.50. The van der Waals surface area contributed by atoms with E-state index in [1.807, 2.05) is 0 Å². The molecular formula is C11H14BrN. The minimum atomic E-state index is 0.746. The Labute approximate surface area is 88.5 Å². The summed E-state index contributed by atoms with van der Waals surface area (Å²) in [5.41, 5.74) is 1.42. The van der Waals surface area contributed by atoms with E-state index in [-0.39, 0.29) is 0 Å². The van der Waals surface area contributed by atoms with Gasteiger partial charge in [0.1, 0.15) is 0 Å². The highest BCUT2D eigenvalue weighted by molar-refractivity contribution is 9.10. The summed E-state index contributed by atoms with van der Waals surface area (Å²) < 4.78 is 1.16. The third-order valence-electron chi connectivity index (χ3n) is 1.56. The van der Waals surface area contributed by atoms with Crippen molar-refractivity contribution in [2.75, 3.05) is 0 Å². The molecule has 1 aromatic rings. The summed E-state index contributed by atoms with van der Waals surface area (Å²) in [5.74, 6) is 0.746. The van der Waals surface area contributed by atoms with Gasteiger partial charge in [-0.1, -0.05) is 41.9 Å². The SMILES string of the molecule is C#N.CC(C)Cc1ccc(Br)cc1. The Balaban J connectivity index is 0.000000671. The van der Waals surface area contributed by atoms with Crippen molar-refractivity contribution in [1.82, 2.24) is 0 Å². The fourth-order valence-corrected chi connectivity index (χ4v) is 1.36. The Morgan fingerprint density at radius 1 is 1.23 bits per heavy atom. The van der Waals surface area contributed by atoms with E-state index in [0.717, 1.165) is 10.4 Å². The highest BCUT2D eigenvalue weighted by Gasteiger charge is 1.95. The molecule has 0 N–H and O–H groups in total. The molecule has 13 heavy (non-hydrogen) atoms. The first-order chi connectivity index (χ1) is 6.18. The number of benzene rings is 1. The lowest BCUT2D eigenvalue weighted by atomic mass is 10.0. The molecule has 0 aromatic heterocycles. The van der Waals surface area contributed by atoms with Crippen LogP contribution >= 0.6 is 15.9 Å². The molecule has 0 saturated heterocycles. The molecule has 2 heteroatoms. The highest BCUT2D eigenvalue weighted by Crippen LogP contribution is 2.13. The van der Waals surface area contributed by atoms with Crippen LogP contribution in [0.2, 0.25) is 0 Å². The van der Waals surface area contributed by atoms with Gasteiger partial charge < -0.3 is 0 Å². The van der Waals surface area contributed by atoms with E-state index in [0.29, 0.717) is 0 Å². The average molecular weight is 240 g/mol. The second-order valence-electron chi connectivity index (χ2n) is 3.22. The fourth-order valence-electron chi connectivity index (χ4n) is 1.09. The Morgan fingerprint density at radius 3 is 2.08 bits per heavy atom. The smallest absolute Gasteiger partial charge is 0.0462 e. The first-order valence-electron chi connectivity index (χ1n) is 4.19. The minimum Gasteiger partial charge on any atom is -0.202 e. The number of hydrogen-bond acceptors (Lipinski definition) is 1. The van der Waals surface area contributed by atoms with Crippen molar-refractivity contribution in [1.29, 1.82) is 5.26 Å². The van der Waals surface area contributed by atoms with E-state index >= 15 is 0 Å². The van der Waals surface area contributed by atoms with Gasteiger partial charge >= 0.3 is 0 Å². The lowest BCUT2D eigenvalue weighted by Gasteiger charge is -2.03. The number of nitrogens with zero attached hydrogens (tertiary/aromatic N) is 1. The monoisotopic (exact) mass is 239 g/mol. The Hall–Kier alpha value is -0.810. The molecule has 0 aliphatic rings. The van der Waals surface area contributed by atoms with Gasteiger partial charge in [-0.25, -0.2) is 5.26 Å². The van der Waals surface area contributed by atoms with Crippen LogP contribution < -0.4 is 0 Å². The zero-order valence-corrected chi connectivity index (χ0v) is 9.58. The van der Waals surface area contributed by atoms with Gasteiger partial charge in [0.15, 0.2) is 0 Å². The second kappa shape index (κ2) is 6.68. The van der Waals surface area contributed by atoms with Gasteiger partial charge in [-0.15, -0.1) is 0 Å². The molecule has 0 radical (unpaired) electrons. The molecule has 0 amide bonds. The maximum Gasteiger partial charge on any atom is 0.0462 e. The quantitative estimate of drug-likeness (QED) is 0.771. The van der Waals surface area contributed by atoms with E-state index in [1.165, 1.54) is 12.0 Å². The van der Waals surface area contributed by atoms with Crippen LogP contribution in [-0.4, -0.2) is 0 Å². The molecule has 0 atom stereocenters. The molecule has 0 saturated carbocycles. The minimum absolute atomic E-state index is 0.746. The Morgan fingerprint density at radius 2 is 1.69 bits per heavy atom. The van der Waals surface area contributed by atoms with Crippen molar-refractivity contribution >= 4 is 15.9 Å². The Bertz CT molecular complexity index is 249. The van der Waals surface area contributed by atoms with E-state index in [9.17, 15) is 0 Å². The van der Waals surface area contributed by atoms with Crippen molar-refractivity contribution in [2.45, 2.75) is 20.3 Å². The molecule has 0 spiro atoms. The number of rotatable bonds is 2. The molecule has 0 bridgehead atoms. The lowest BCUT2D eigenvalue weighted by molar-refractivity contribution is 0.647. The van der Waals surface area contributed by atoms with Crippen LogP contribution in [0.25, 0.3) is 0 Å². The molecular weight excluding hydrogens is 226 g/mol. The Kier molecular flexibility index (Phi) is 6.26. The molecule has 0 aliphatic heterocycles. The van der Waals surface area contributed by atoms with Gasteiger partial charge in [0.05, 0.1) is 0 Å². The zero-order valence-electron chi connectivity index (χ0n) is 8.00. The van der Waals surface area contributed by atoms with Crippen LogP contribution in [0.3, 0.4) is 0 Å². The molecule has 0 aliphatic carbocycles. The predicted molar refractivity (Wildman–Crippen MR) is 59.4 cm³/mol. The topological polar surface area (TPSA) is 23.8 Å². The number of halogens is 1. The number of hydrogen-bond donors (Lipinski definition) is 0. The van der Waals surface area contributed by atoms with Gasteiger partial charge in [0, 0.05) is 11.0 Å². The molecule has 1 aromatic carbocycles. The third-order valence-corrected chi connectivity index (χ3v) is 2.09. The molecule has 70 valence electrons. The molecule has 1 rings (SSSR count). The summed E-state index contributed by atoms with van der Waals surface area (Å²) >= 11 is 3.41. The average Bonchev–Trinajstić information content (AvgIpc) is 2.12. The summed E-state index contributed by atoms with van der Waals surface area (Å²) in [5, 5.41) is 6.50. The first-order valence-corrected chi connectivity index (χ1v) is 4.98. The molecule has 0 fully saturated rings. The highest BCUT2D eigenvalue weighted by atomic mass is 79.9. The van der Waals surface area contributed by atoms with Gasteiger partial charge in [-0.3, -0.25) is 0 Å². The van der Waals surface area contributed by atoms with E-state index in [4.69, 9.17) is 5.26 Å². The van der Waals surface area contributed by atoms with Gasteiger partial charge in [0.25, 0.3) is 0 Å². The van der Waals surface area contributed by atoms with Gasteiger partial charge in [-0.2, -0.15) is 0 Å². The van der Waals surface area contributed by atoms with Crippen molar-refractivity contribution < 1.29 is 0 Å². The standard InChI is InChI=1S/C10H13Br.CHN/c1-8(2)7-9-3-5-10(11)6-4-9;1-2/h3-6,8H,7H2,1-2H3;1H. The summed E-state index contributed by atoms with van der Waals surface area (Å²) in [6, 6.07) is 8.53. The number of nitriles is 1. The molecule has 1 nitrogen and oxygen atoms in total.